The molecule has 144 valence electrons. The maximum absolute atomic E-state index is 13.1. The molecule has 5 nitrogen and oxygen atoms in total. The first-order valence-corrected chi connectivity index (χ1v) is 11.1. The Bertz CT molecular complexity index is 1230. The first kappa shape index (κ1) is 18.1. The number of carbonyl (C=O) groups is 1. The molecular formula is C22H18N4OS2. The molecule has 0 saturated heterocycles. The van der Waals surface area contributed by atoms with Crippen molar-refractivity contribution in [1.29, 1.82) is 0 Å². The second-order valence-electron chi connectivity index (χ2n) is 6.80. The average molecular weight is 419 g/mol. The molecule has 3 heterocycles. The molecule has 3 aromatic rings. The van der Waals surface area contributed by atoms with Gasteiger partial charge in [0.15, 0.2) is 11.3 Å². The summed E-state index contributed by atoms with van der Waals surface area (Å²) in [6, 6.07) is 22.0. The van der Waals surface area contributed by atoms with Crippen molar-refractivity contribution in [3.8, 4) is 0 Å². The Labute approximate surface area is 176 Å². The number of para-hydroxylation sites is 1. The van der Waals surface area contributed by atoms with Gasteiger partial charge in [0.2, 0.25) is 0 Å². The second-order valence-corrected chi connectivity index (χ2v) is 9.08. The van der Waals surface area contributed by atoms with Crippen LogP contribution in [0.3, 0.4) is 0 Å². The highest BCUT2D eigenvalue weighted by Gasteiger charge is 2.34. The lowest BCUT2D eigenvalue weighted by Gasteiger charge is -2.33. The number of aryl methyl sites for hydroxylation is 1. The Kier molecular flexibility index (Phi) is 4.69. The van der Waals surface area contributed by atoms with E-state index in [0.717, 1.165) is 21.2 Å². The molecular weight excluding hydrogens is 400 g/mol. The number of carbonyl (C=O) groups excluding carboxylic acids is 1. The van der Waals surface area contributed by atoms with Gasteiger partial charge in [0.05, 0.1) is 10.2 Å². The third-order valence-electron chi connectivity index (χ3n) is 4.75. The van der Waals surface area contributed by atoms with Crippen LogP contribution in [0.15, 0.2) is 76.8 Å². The van der Waals surface area contributed by atoms with Gasteiger partial charge in [-0.1, -0.05) is 60.3 Å². The van der Waals surface area contributed by atoms with Gasteiger partial charge in [0.25, 0.3) is 5.91 Å². The molecule has 0 saturated carbocycles. The Balaban J connectivity index is 1.57. The zero-order valence-electron chi connectivity index (χ0n) is 15.7. The summed E-state index contributed by atoms with van der Waals surface area (Å²) in [6.07, 6.45) is -0.336. The quantitative estimate of drug-likeness (QED) is 0.711. The van der Waals surface area contributed by atoms with E-state index in [1.54, 1.807) is 16.3 Å². The van der Waals surface area contributed by atoms with E-state index in [-0.39, 0.29) is 12.1 Å². The predicted molar refractivity (Wildman–Crippen MR) is 118 cm³/mol. The van der Waals surface area contributed by atoms with E-state index in [2.05, 4.69) is 36.5 Å². The van der Waals surface area contributed by atoms with E-state index >= 15 is 0 Å². The fraction of sp³-hybridized carbons (Fsp3) is 0.136. The van der Waals surface area contributed by atoms with Crippen LogP contribution in [0.1, 0.15) is 21.5 Å². The smallest absolute Gasteiger partial charge is 0.276 e. The van der Waals surface area contributed by atoms with Gasteiger partial charge < -0.3 is 0 Å². The summed E-state index contributed by atoms with van der Waals surface area (Å²) in [5.74, 6) is 0.593. The highest BCUT2D eigenvalue weighted by molar-refractivity contribution is 8.13. The zero-order chi connectivity index (χ0) is 19.8. The van der Waals surface area contributed by atoms with Crippen molar-refractivity contribution in [2.24, 2.45) is 10.1 Å². The van der Waals surface area contributed by atoms with Crippen LogP contribution in [0, 0.1) is 6.92 Å². The van der Waals surface area contributed by atoms with E-state index in [1.807, 2.05) is 42.5 Å². The number of hydrogen-bond donors (Lipinski definition) is 1. The van der Waals surface area contributed by atoms with Crippen molar-refractivity contribution in [3.05, 3.63) is 92.6 Å². The topological polar surface area (TPSA) is 57.1 Å². The molecule has 2 aromatic carbocycles. The van der Waals surface area contributed by atoms with Gasteiger partial charge >= 0.3 is 0 Å². The molecule has 0 fully saturated rings. The third kappa shape index (κ3) is 3.47. The first-order chi connectivity index (χ1) is 14.2. The number of hydrazone groups is 1. The minimum absolute atomic E-state index is 0.142. The third-order valence-corrected chi connectivity index (χ3v) is 6.72. The van der Waals surface area contributed by atoms with Crippen LogP contribution in [0.25, 0.3) is 5.70 Å². The minimum Gasteiger partial charge on any atom is -0.298 e. The Hall–Kier alpha value is -2.90. The maximum Gasteiger partial charge on any atom is 0.276 e. The summed E-state index contributed by atoms with van der Waals surface area (Å²) in [6.45, 7) is 2.07. The van der Waals surface area contributed by atoms with E-state index in [0.29, 0.717) is 10.9 Å². The van der Waals surface area contributed by atoms with Crippen molar-refractivity contribution in [3.63, 3.8) is 0 Å². The standard InChI is InChI=1S/C22H18N4OS2/c1-14-11-12-18(29-14)20-23-17-10-6-5-9-16(17)19-21(27)24-22(25-26(19)20)28-13-15-7-3-2-4-8-15/h2-12,20H,13H2,1H3,(H,24,25,27)/t20-/m0/s1. The number of nitrogens with zero attached hydrogens (tertiary/aromatic N) is 3. The summed E-state index contributed by atoms with van der Waals surface area (Å²) < 4.78 is 0. The van der Waals surface area contributed by atoms with Gasteiger partial charge in [0, 0.05) is 15.8 Å². The van der Waals surface area contributed by atoms with Crippen molar-refractivity contribution in [2.45, 2.75) is 18.8 Å². The number of thiophene rings is 1. The molecule has 0 unspecified atom stereocenters. The van der Waals surface area contributed by atoms with Crippen LogP contribution in [-0.4, -0.2) is 16.1 Å². The number of amidine groups is 1. The summed E-state index contributed by atoms with van der Waals surface area (Å²) >= 11 is 3.20. The minimum atomic E-state index is -0.336. The van der Waals surface area contributed by atoms with E-state index in [1.165, 1.54) is 22.2 Å². The molecule has 29 heavy (non-hydrogen) atoms. The number of benzene rings is 2. The molecule has 0 radical (unpaired) electrons. The number of rotatable bonds is 3. The number of nitrogens with one attached hydrogen (secondary N) is 1. The van der Waals surface area contributed by atoms with E-state index in [4.69, 9.17) is 10.1 Å². The highest BCUT2D eigenvalue weighted by atomic mass is 32.2. The van der Waals surface area contributed by atoms with Crippen LogP contribution in [0.5, 0.6) is 0 Å². The molecule has 1 amide bonds. The monoisotopic (exact) mass is 418 g/mol. The number of hydrogen-bond acceptors (Lipinski definition) is 6. The largest absolute Gasteiger partial charge is 0.298 e. The fourth-order valence-corrected chi connectivity index (χ4v) is 5.10. The molecule has 1 N–H and O–H groups in total. The lowest BCUT2D eigenvalue weighted by Crippen LogP contribution is -2.50. The SMILES string of the molecule is Cc1ccc([C@H]2N=c3ccccc3=C3C(=O)NC(SCc4ccccc4)=NN32)s1. The van der Waals surface area contributed by atoms with Crippen LogP contribution >= 0.6 is 23.1 Å². The maximum atomic E-state index is 13.1. The fourth-order valence-electron chi connectivity index (χ4n) is 3.40. The molecule has 0 spiro atoms. The molecule has 1 aromatic heterocycles. The molecule has 2 aliphatic heterocycles. The van der Waals surface area contributed by atoms with E-state index < -0.39 is 0 Å². The van der Waals surface area contributed by atoms with Crippen LogP contribution in [0.2, 0.25) is 0 Å². The van der Waals surface area contributed by atoms with Crippen molar-refractivity contribution in [1.82, 2.24) is 10.3 Å². The van der Waals surface area contributed by atoms with Gasteiger partial charge in [0.1, 0.15) is 5.70 Å². The lowest BCUT2D eigenvalue weighted by atomic mass is 10.1. The zero-order valence-corrected chi connectivity index (χ0v) is 17.3. The van der Waals surface area contributed by atoms with Crippen LogP contribution < -0.4 is 15.9 Å². The van der Waals surface area contributed by atoms with E-state index in [9.17, 15) is 4.79 Å². The Morgan fingerprint density at radius 3 is 2.66 bits per heavy atom. The Morgan fingerprint density at radius 2 is 1.86 bits per heavy atom. The molecule has 5 rings (SSSR count). The predicted octanol–water partition coefficient (Wildman–Crippen LogP) is 3.13. The van der Waals surface area contributed by atoms with Crippen molar-refractivity contribution >= 4 is 39.9 Å². The van der Waals surface area contributed by atoms with Gasteiger partial charge in [-0.25, -0.2) is 5.01 Å². The molecule has 2 aliphatic rings. The Morgan fingerprint density at radius 1 is 1.07 bits per heavy atom. The lowest BCUT2D eigenvalue weighted by molar-refractivity contribution is -0.116. The average Bonchev–Trinajstić information content (AvgIpc) is 3.18. The van der Waals surface area contributed by atoms with Gasteiger partial charge in [-0.3, -0.25) is 15.1 Å². The van der Waals surface area contributed by atoms with Gasteiger partial charge in [-0.15, -0.1) is 16.4 Å². The van der Waals surface area contributed by atoms with Gasteiger partial charge in [-0.05, 0) is 30.7 Å². The molecule has 0 bridgehead atoms. The number of fused-ring (bicyclic) bond motifs is 2. The number of thioether (sulfide) groups is 1. The second kappa shape index (κ2) is 7.50. The van der Waals surface area contributed by atoms with Crippen LogP contribution in [-0.2, 0) is 10.5 Å². The molecule has 1 atom stereocenters. The molecule has 0 aliphatic carbocycles. The van der Waals surface area contributed by atoms with Gasteiger partial charge in [-0.2, -0.15) is 0 Å². The summed E-state index contributed by atoms with van der Waals surface area (Å²) in [7, 11) is 0. The summed E-state index contributed by atoms with van der Waals surface area (Å²) in [4.78, 5) is 20.3. The summed E-state index contributed by atoms with van der Waals surface area (Å²) in [5, 5.41) is 11.8. The molecule has 7 heteroatoms. The van der Waals surface area contributed by atoms with Crippen molar-refractivity contribution < 1.29 is 4.79 Å². The summed E-state index contributed by atoms with van der Waals surface area (Å²) in [5.41, 5.74) is 1.74. The van der Waals surface area contributed by atoms with Crippen LogP contribution in [0.4, 0.5) is 0 Å². The first-order valence-electron chi connectivity index (χ1n) is 9.28. The normalized spacial score (nSPS) is 17.8. The number of amides is 1. The van der Waals surface area contributed by atoms with Crippen molar-refractivity contribution in [2.75, 3.05) is 0 Å². The highest BCUT2D eigenvalue weighted by Crippen LogP contribution is 2.34.